The van der Waals surface area contributed by atoms with E-state index in [4.69, 9.17) is 4.74 Å². The van der Waals surface area contributed by atoms with Crippen LogP contribution in [0.5, 0.6) is 5.75 Å². The lowest BCUT2D eigenvalue weighted by molar-refractivity contribution is -0.0759. The molecule has 0 spiro atoms. The van der Waals surface area contributed by atoms with Crippen LogP contribution in [0.15, 0.2) is 48.5 Å². The molecule has 7 heteroatoms. The van der Waals surface area contributed by atoms with Gasteiger partial charge in [0.15, 0.2) is 11.6 Å². The number of para-hydroxylation sites is 1. The number of hydrogen-bond donors (Lipinski definition) is 0. The molecule has 3 rings (SSSR count). The molecule has 0 saturated carbocycles. The summed E-state index contributed by atoms with van der Waals surface area (Å²) in [5.74, 6) is -3.62. The molecule has 0 aliphatic carbocycles. The number of hydrogen-bond acceptors (Lipinski definition) is 4. The first kappa shape index (κ1) is 17.8. The van der Waals surface area contributed by atoms with Gasteiger partial charge in [0.05, 0.1) is 23.9 Å². The van der Waals surface area contributed by atoms with Crippen LogP contribution < -0.4 is 4.74 Å². The van der Waals surface area contributed by atoms with E-state index in [1.54, 1.807) is 6.07 Å². The number of pyridine rings is 1. The molecule has 134 valence electrons. The lowest BCUT2D eigenvalue weighted by atomic mass is 10.1. The van der Waals surface area contributed by atoms with Gasteiger partial charge in [0.1, 0.15) is 6.61 Å². The Morgan fingerprint density at radius 1 is 1.08 bits per heavy atom. The van der Waals surface area contributed by atoms with Crippen LogP contribution in [0.2, 0.25) is 0 Å². The van der Waals surface area contributed by atoms with Crippen LogP contribution >= 0.6 is 0 Å². The van der Waals surface area contributed by atoms with E-state index in [2.05, 4.69) is 9.82 Å². The van der Waals surface area contributed by atoms with Gasteiger partial charge in [0, 0.05) is 12.4 Å². The molecule has 0 aliphatic heterocycles. The van der Waals surface area contributed by atoms with E-state index in [-0.39, 0.29) is 12.4 Å². The predicted octanol–water partition coefficient (Wildman–Crippen LogP) is 3.73. The largest absolute Gasteiger partial charge is 0.484 e. The van der Waals surface area contributed by atoms with E-state index in [0.717, 1.165) is 22.0 Å². The van der Waals surface area contributed by atoms with Crippen molar-refractivity contribution in [1.82, 2.24) is 10.0 Å². The Balaban J connectivity index is 1.79. The maximum absolute atomic E-state index is 14.2. The van der Waals surface area contributed by atoms with Gasteiger partial charge in [-0.15, -0.1) is 0 Å². The van der Waals surface area contributed by atoms with Crippen LogP contribution in [-0.2, 0) is 11.4 Å². The van der Waals surface area contributed by atoms with Crippen LogP contribution in [0.1, 0.15) is 16.1 Å². The molecule has 0 saturated heterocycles. The number of carbonyl (C=O) groups is 1. The van der Waals surface area contributed by atoms with Gasteiger partial charge in [-0.05, 0) is 24.3 Å². The summed E-state index contributed by atoms with van der Waals surface area (Å²) >= 11 is 0. The fourth-order valence-electron chi connectivity index (χ4n) is 2.40. The van der Waals surface area contributed by atoms with Gasteiger partial charge in [0.2, 0.25) is 5.82 Å². The molecule has 1 heterocycles. The Bertz CT molecular complexity index is 963. The van der Waals surface area contributed by atoms with Crippen molar-refractivity contribution in [1.29, 1.82) is 0 Å². The molecule has 1 aromatic heterocycles. The first-order valence-corrected chi connectivity index (χ1v) is 7.79. The summed E-state index contributed by atoms with van der Waals surface area (Å²) < 4.78 is 33.7. The van der Waals surface area contributed by atoms with Gasteiger partial charge >= 0.3 is 0 Å². The van der Waals surface area contributed by atoms with Crippen molar-refractivity contribution in [2.24, 2.45) is 0 Å². The summed E-state index contributed by atoms with van der Waals surface area (Å²) in [5.41, 5.74) is 0.912. The standard InChI is InChI=1S/C19H16F2N2O3/c1-23(25-2)19(24)14-9-10-16(18(21)17(14)20)26-11-13-8-7-12-5-3-4-6-15(12)22-13/h3-10H,11H2,1-2H3. The minimum absolute atomic E-state index is 0.0353. The van der Waals surface area contributed by atoms with Gasteiger partial charge in [-0.25, -0.2) is 14.4 Å². The molecular formula is C19H16F2N2O3. The maximum Gasteiger partial charge on any atom is 0.280 e. The van der Waals surface area contributed by atoms with Gasteiger partial charge in [-0.3, -0.25) is 9.63 Å². The molecule has 1 amide bonds. The highest BCUT2D eigenvalue weighted by atomic mass is 19.2. The molecule has 0 atom stereocenters. The molecule has 2 aromatic carbocycles. The molecule has 0 unspecified atom stereocenters. The zero-order valence-electron chi connectivity index (χ0n) is 14.2. The van der Waals surface area contributed by atoms with E-state index in [1.807, 2.05) is 30.3 Å². The predicted molar refractivity (Wildman–Crippen MR) is 91.5 cm³/mol. The summed E-state index contributed by atoms with van der Waals surface area (Å²) in [6.45, 7) is -0.0353. The lowest BCUT2D eigenvalue weighted by Gasteiger charge is -2.15. The Morgan fingerprint density at radius 2 is 1.85 bits per heavy atom. The number of ether oxygens (including phenoxy) is 1. The van der Waals surface area contributed by atoms with E-state index < -0.39 is 23.1 Å². The average molecular weight is 358 g/mol. The van der Waals surface area contributed by atoms with Crippen molar-refractivity contribution in [3.05, 3.63) is 71.4 Å². The average Bonchev–Trinajstić information content (AvgIpc) is 2.67. The van der Waals surface area contributed by atoms with Crippen LogP contribution in [0.3, 0.4) is 0 Å². The number of rotatable bonds is 5. The number of aromatic nitrogens is 1. The summed E-state index contributed by atoms with van der Waals surface area (Å²) in [7, 11) is 2.55. The van der Waals surface area contributed by atoms with Crippen LogP contribution in [-0.4, -0.2) is 30.1 Å². The maximum atomic E-state index is 14.2. The molecule has 3 aromatic rings. The highest BCUT2D eigenvalue weighted by Gasteiger charge is 2.22. The number of carbonyl (C=O) groups excluding carboxylic acids is 1. The van der Waals surface area contributed by atoms with Crippen molar-refractivity contribution >= 4 is 16.8 Å². The number of fused-ring (bicyclic) bond motifs is 1. The molecule has 0 bridgehead atoms. The number of hydroxylamine groups is 2. The monoisotopic (exact) mass is 358 g/mol. The topological polar surface area (TPSA) is 51.7 Å². The van der Waals surface area contributed by atoms with Gasteiger partial charge in [-0.1, -0.05) is 24.3 Å². The molecule has 26 heavy (non-hydrogen) atoms. The van der Waals surface area contributed by atoms with Crippen molar-refractivity contribution in [3.63, 3.8) is 0 Å². The van der Waals surface area contributed by atoms with E-state index >= 15 is 0 Å². The second-order valence-electron chi connectivity index (χ2n) is 5.51. The minimum Gasteiger partial charge on any atom is -0.484 e. The first-order valence-electron chi connectivity index (χ1n) is 7.79. The Labute approximate surface area is 148 Å². The normalized spacial score (nSPS) is 10.8. The lowest BCUT2D eigenvalue weighted by Crippen LogP contribution is -2.26. The molecule has 0 N–H and O–H groups in total. The molecule has 0 radical (unpaired) electrons. The third-order valence-electron chi connectivity index (χ3n) is 3.87. The fraction of sp³-hybridized carbons (Fsp3) is 0.158. The summed E-state index contributed by atoms with van der Waals surface area (Å²) in [6, 6.07) is 13.5. The number of nitrogens with zero attached hydrogens (tertiary/aromatic N) is 2. The van der Waals surface area contributed by atoms with Gasteiger partial charge in [-0.2, -0.15) is 4.39 Å². The summed E-state index contributed by atoms with van der Waals surface area (Å²) in [5, 5.41) is 1.77. The molecular weight excluding hydrogens is 342 g/mol. The third kappa shape index (κ3) is 3.48. The zero-order chi connectivity index (χ0) is 18.7. The second-order valence-corrected chi connectivity index (χ2v) is 5.51. The quantitative estimate of drug-likeness (QED) is 0.652. The van der Waals surface area contributed by atoms with Crippen LogP contribution in [0.4, 0.5) is 8.78 Å². The highest BCUT2D eigenvalue weighted by Crippen LogP contribution is 2.24. The molecule has 0 aliphatic rings. The van der Waals surface area contributed by atoms with E-state index in [9.17, 15) is 13.6 Å². The van der Waals surface area contributed by atoms with Crippen molar-refractivity contribution in [3.8, 4) is 5.75 Å². The zero-order valence-corrected chi connectivity index (χ0v) is 14.2. The summed E-state index contributed by atoms with van der Waals surface area (Å²) in [4.78, 5) is 21.0. The Hall–Kier alpha value is -3.06. The van der Waals surface area contributed by atoms with Crippen LogP contribution in [0, 0.1) is 11.6 Å². The number of halogens is 2. The van der Waals surface area contributed by atoms with Crippen molar-refractivity contribution < 1.29 is 23.1 Å². The fourth-order valence-corrected chi connectivity index (χ4v) is 2.40. The number of benzene rings is 2. The van der Waals surface area contributed by atoms with Crippen LogP contribution in [0.25, 0.3) is 10.9 Å². The van der Waals surface area contributed by atoms with Gasteiger partial charge < -0.3 is 4.74 Å². The number of amides is 1. The SMILES string of the molecule is CON(C)C(=O)c1ccc(OCc2ccc3ccccc3n2)c(F)c1F. The minimum atomic E-state index is -1.29. The summed E-state index contributed by atoms with van der Waals surface area (Å²) in [6.07, 6.45) is 0. The second kappa shape index (κ2) is 7.45. The molecule has 5 nitrogen and oxygen atoms in total. The van der Waals surface area contributed by atoms with E-state index in [1.165, 1.54) is 20.2 Å². The van der Waals surface area contributed by atoms with Gasteiger partial charge in [0.25, 0.3) is 5.91 Å². The van der Waals surface area contributed by atoms with E-state index in [0.29, 0.717) is 5.69 Å². The highest BCUT2D eigenvalue weighted by molar-refractivity contribution is 5.93. The Morgan fingerprint density at radius 3 is 2.62 bits per heavy atom. The first-order chi connectivity index (χ1) is 12.5. The van der Waals surface area contributed by atoms with Crippen molar-refractivity contribution in [2.75, 3.05) is 14.2 Å². The molecule has 0 fully saturated rings. The van der Waals surface area contributed by atoms with Crippen molar-refractivity contribution in [2.45, 2.75) is 6.61 Å². The Kier molecular flexibility index (Phi) is 5.09. The third-order valence-corrected chi connectivity index (χ3v) is 3.87. The smallest absolute Gasteiger partial charge is 0.280 e.